The fraction of sp³-hybridized carbons (Fsp3) is 1.00. The zero-order chi connectivity index (χ0) is 10.7. The lowest BCUT2D eigenvalue weighted by atomic mass is 9.98. The van der Waals surface area contributed by atoms with Crippen molar-refractivity contribution in [2.75, 3.05) is 31.9 Å². The normalized spacial score (nSPS) is 39.2. The van der Waals surface area contributed by atoms with Crippen molar-refractivity contribution in [3.63, 3.8) is 0 Å². The molecule has 2 aliphatic heterocycles. The highest BCUT2D eigenvalue weighted by molar-refractivity contribution is 8.00. The minimum Gasteiger partial charge on any atom is -0.316 e. The van der Waals surface area contributed by atoms with Crippen LogP contribution in [0.15, 0.2) is 0 Å². The summed E-state index contributed by atoms with van der Waals surface area (Å²) in [5, 5.41) is 4.33. The van der Waals surface area contributed by atoms with Crippen LogP contribution in [-0.4, -0.2) is 48.1 Å². The number of hydrogen-bond donors (Lipinski definition) is 1. The smallest absolute Gasteiger partial charge is 0.0184 e. The molecule has 3 atom stereocenters. The molecular weight excluding hydrogens is 204 g/mol. The first-order valence-corrected chi connectivity index (χ1v) is 7.38. The molecule has 2 fully saturated rings. The van der Waals surface area contributed by atoms with E-state index in [1.54, 1.807) is 0 Å². The summed E-state index contributed by atoms with van der Waals surface area (Å²) in [7, 11) is 0. The largest absolute Gasteiger partial charge is 0.316 e. The maximum Gasteiger partial charge on any atom is 0.0184 e. The van der Waals surface area contributed by atoms with Crippen molar-refractivity contribution in [1.82, 2.24) is 10.2 Å². The molecule has 0 aliphatic carbocycles. The Balaban J connectivity index is 1.81. The van der Waals surface area contributed by atoms with Gasteiger partial charge in [-0.05, 0) is 38.8 Å². The number of rotatable bonds is 2. The van der Waals surface area contributed by atoms with Crippen molar-refractivity contribution < 1.29 is 0 Å². The van der Waals surface area contributed by atoms with Crippen molar-refractivity contribution in [2.24, 2.45) is 5.92 Å². The van der Waals surface area contributed by atoms with Crippen LogP contribution in [0, 0.1) is 5.92 Å². The third kappa shape index (κ3) is 3.11. The molecule has 0 aromatic carbocycles. The molecule has 0 amide bonds. The highest BCUT2D eigenvalue weighted by Gasteiger charge is 2.27. The Labute approximate surface area is 98.2 Å². The van der Waals surface area contributed by atoms with Gasteiger partial charge in [-0.1, -0.05) is 6.92 Å². The molecule has 2 nitrogen and oxygen atoms in total. The molecular formula is C12H24N2S. The van der Waals surface area contributed by atoms with Crippen LogP contribution in [0.3, 0.4) is 0 Å². The van der Waals surface area contributed by atoms with Crippen LogP contribution in [0.25, 0.3) is 0 Å². The summed E-state index contributed by atoms with van der Waals surface area (Å²) in [6, 6.07) is 0.769. The lowest BCUT2D eigenvalue weighted by molar-refractivity contribution is 0.166. The van der Waals surface area contributed by atoms with Crippen molar-refractivity contribution in [3.05, 3.63) is 0 Å². The second kappa shape index (κ2) is 5.55. The van der Waals surface area contributed by atoms with Crippen LogP contribution in [0.2, 0.25) is 0 Å². The van der Waals surface area contributed by atoms with Crippen molar-refractivity contribution in [2.45, 2.75) is 38.0 Å². The second-order valence-electron chi connectivity index (χ2n) is 5.02. The molecule has 2 saturated heterocycles. The van der Waals surface area contributed by atoms with Gasteiger partial charge in [-0.2, -0.15) is 11.8 Å². The van der Waals surface area contributed by atoms with E-state index in [0.29, 0.717) is 0 Å². The van der Waals surface area contributed by atoms with E-state index in [4.69, 9.17) is 0 Å². The van der Waals surface area contributed by atoms with Gasteiger partial charge in [-0.15, -0.1) is 0 Å². The average Bonchev–Trinajstić information content (AvgIpc) is 2.26. The number of nitrogens with zero attached hydrogens (tertiary/aromatic N) is 1. The summed E-state index contributed by atoms with van der Waals surface area (Å²) in [5.41, 5.74) is 0. The second-order valence-corrected chi connectivity index (χ2v) is 6.51. The molecule has 3 unspecified atom stereocenters. The molecule has 0 aromatic heterocycles. The summed E-state index contributed by atoms with van der Waals surface area (Å²) in [6.45, 7) is 9.86. The first kappa shape index (κ1) is 11.7. The number of piperidine rings is 1. The van der Waals surface area contributed by atoms with E-state index in [-0.39, 0.29) is 0 Å². The summed E-state index contributed by atoms with van der Waals surface area (Å²) < 4.78 is 0. The van der Waals surface area contributed by atoms with Crippen molar-refractivity contribution >= 4 is 11.8 Å². The summed E-state index contributed by atoms with van der Waals surface area (Å²) in [4.78, 5) is 2.71. The predicted octanol–water partition coefficient (Wildman–Crippen LogP) is 1.81. The van der Waals surface area contributed by atoms with Gasteiger partial charge in [0.25, 0.3) is 0 Å². The lowest BCUT2D eigenvalue weighted by Crippen LogP contribution is -2.48. The van der Waals surface area contributed by atoms with Gasteiger partial charge in [0.05, 0.1) is 0 Å². The maximum atomic E-state index is 3.52. The van der Waals surface area contributed by atoms with Gasteiger partial charge >= 0.3 is 0 Å². The highest BCUT2D eigenvalue weighted by Crippen LogP contribution is 2.25. The average molecular weight is 228 g/mol. The van der Waals surface area contributed by atoms with E-state index in [1.165, 1.54) is 44.8 Å². The van der Waals surface area contributed by atoms with Crippen LogP contribution in [0.4, 0.5) is 0 Å². The van der Waals surface area contributed by atoms with Crippen molar-refractivity contribution in [3.8, 4) is 0 Å². The van der Waals surface area contributed by atoms with Crippen LogP contribution < -0.4 is 5.32 Å². The van der Waals surface area contributed by atoms with Gasteiger partial charge < -0.3 is 5.32 Å². The molecule has 0 spiro atoms. The highest BCUT2D eigenvalue weighted by atomic mass is 32.2. The molecule has 88 valence electrons. The Morgan fingerprint density at radius 1 is 1.40 bits per heavy atom. The monoisotopic (exact) mass is 228 g/mol. The van der Waals surface area contributed by atoms with Crippen LogP contribution in [-0.2, 0) is 0 Å². The van der Waals surface area contributed by atoms with E-state index >= 15 is 0 Å². The fourth-order valence-electron chi connectivity index (χ4n) is 2.66. The quantitative estimate of drug-likeness (QED) is 0.776. The van der Waals surface area contributed by atoms with Gasteiger partial charge in [0, 0.05) is 30.1 Å². The first-order chi connectivity index (χ1) is 7.27. The fourth-order valence-corrected chi connectivity index (χ4v) is 3.83. The van der Waals surface area contributed by atoms with Crippen LogP contribution >= 0.6 is 11.8 Å². The number of thioether (sulfide) groups is 1. The Hall–Kier alpha value is 0.270. The Kier molecular flexibility index (Phi) is 4.35. The van der Waals surface area contributed by atoms with Crippen LogP contribution in [0.5, 0.6) is 0 Å². The first-order valence-electron chi connectivity index (χ1n) is 6.33. The summed E-state index contributed by atoms with van der Waals surface area (Å²) in [5.74, 6) is 2.22. The Morgan fingerprint density at radius 3 is 3.00 bits per heavy atom. The molecule has 2 rings (SSSR count). The third-order valence-electron chi connectivity index (χ3n) is 3.91. The van der Waals surface area contributed by atoms with Gasteiger partial charge in [0.2, 0.25) is 0 Å². The Morgan fingerprint density at radius 2 is 2.27 bits per heavy atom. The molecule has 0 bridgehead atoms. The zero-order valence-corrected chi connectivity index (χ0v) is 10.9. The molecule has 2 aliphatic rings. The third-order valence-corrected chi connectivity index (χ3v) is 5.24. The van der Waals surface area contributed by atoms with Gasteiger partial charge in [-0.3, -0.25) is 4.90 Å². The minimum absolute atomic E-state index is 0.769. The van der Waals surface area contributed by atoms with E-state index in [0.717, 1.165) is 17.2 Å². The number of hydrogen-bond acceptors (Lipinski definition) is 3. The van der Waals surface area contributed by atoms with Gasteiger partial charge in [-0.25, -0.2) is 0 Å². The Bertz CT molecular complexity index is 192. The van der Waals surface area contributed by atoms with E-state index < -0.39 is 0 Å². The van der Waals surface area contributed by atoms with Gasteiger partial charge in [0.15, 0.2) is 0 Å². The van der Waals surface area contributed by atoms with Crippen molar-refractivity contribution in [1.29, 1.82) is 0 Å². The van der Waals surface area contributed by atoms with Gasteiger partial charge in [0.1, 0.15) is 0 Å². The molecule has 0 aromatic rings. The molecule has 2 heterocycles. The van der Waals surface area contributed by atoms with Crippen LogP contribution in [0.1, 0.15) is 26.7 Å². The maximum absolute atomic E-state index is 3.52. The molecule has 0 saturated carbocycles. The van der Waals surface area contributed by atoms with E-state index in [1.807, 2.05) is 0 Å². The number of nitrogens with one attached hydrogen (secondary N) is 1. The molecule has 1 N–H and O–H groups in total. The standard InChI is InChI=1S/C12H24N2S/c1-10-11(2)15-7-6-14(10)9-12-4-3-5-13-8-12/h10-13H,3-9H2,1-2H3. The zero-order valence-electron chi connectivity index (χ0n) is 10.0. The van der Waals surface area contributed by atoms with E-state index in [2.05, 4.69) is 35.8 Å². The molecule has 15 heavy (non-hydrogen) atoms. The molecule has 0 radical (unpaired) electrons. The van der Waals surface area contributed by atoms with E-state index in [9.17, 15) is 0 Å². The predicted molar refractivity (Wildman–Crippen MR) is 68.5 cm³/mol. The lowest BCUT2D eigenvalue weighted by Gasteiger charge is -2.40. The molecule has 3 heteroatoms. The topological polar surface area (TPSA) is 15.3 Å². The minimum atomic E-state index is 0.769. The summed E-state index contributed by atoms with van der Waals surface area (Å²) >= 11 is 2.13. The summed E-state index contributed by atoms with van der Waals surface area (Å²) in [6.07, 6.45) is 2.80. The SMILES string of the molecule is CC1SCCN(CC2CCCNC2)C1C.